The van der Waals surface area contributed by atoms with Gasteiger partial charge in [-0.2, -0.15) is 0 Å². The van der Waals surface area contributed by atoms with E-state index in [0.29, 0.717) is 19.3 Å². The normalized spacial score (nSPS) is 12.3. The van der Waals surface area contributed by atoms with Crippen molar-refractivity contribution in [1.29, 1.82) is 0 Å². The fourth-order valence-electron chi connectivity index (χ4n) is 1.36. The number of aromatic hydroxyl groups is 1. The fraction of sp³-hybridized carbons (Fsp3) is 0.364. The van der Waals surface area contributed by atoms with Crippen molar-refractivity contribution in [3.8, 4) is 5.75 Å². The van der Waals surface area contributed by atoms with E-state index in [4.69, 9.17) is 10.8 Å². The standard InChI is InChI=1S/C11H15NO3/c12-9(11(14)15)6-3-5-8-4-1-2-7-10(8)13/h1-2,4,7,9,13H,3,5-6,12H2,(H,14,15)/t9-/m1/s1. The van der Waals surface area contributed by atoms with E-state index in [1.807, 2.05) is 12.1 Å². The summed E-state index contributed by atoms with van der Waals surface area (Å²) in [5.74, 6) is -0.728. The molecule has 0 heterocycles. The Morgan fingerprint density at radius 3 is 2.67 bits per heavy atom. The van der Waals surface area contributed by atoms with E-state index in [-0.39, 0.29) is 5.75 Å². The Balaban J connectivity index is 2.38. The van der Waals surface area contributed by atoms with Crippen LogP contribution in [0.3, 0.4) is 0 Å². The van der Waals surface area contributed by atoms with Gasteiger partial charge in [0.1, 0.15) is 11.8 Å². The van der Waals surface area contributed by atoms with Gasteiger partial charge in [-0.3, -0.25) is 4.79 Å². The van der Waals surface area contributed by atoms with Crippen molar-refractivity contribution in [1.82, 2.24) is 0 Å². The van der Waals surface area contributed by atoms with Crippen molar-refractivity contribution in [3.05, 3.63) is 29.8 Å². The Bertz CT molecular complexity index is 338. The van der Waals surface area contributed by atoms with Crippen molar-refractivity contribution < 1.29 is 15.0 Å². The first-order valence-electron chi connectivity index (χ1n) is 4.86. The summed E-state index contributed by atoms with van der Waals surface area (Å²) in [5, 5.41) is 18.0. The molecular formula is C11H15NO3. The highest BCUT2D eigenvalue weighted by Crippen LogP contribution is 2.17. The third-order valence-electron chi connectivity index (χ3n) is 2.27. The van der Waals surface area contributed by atoms with Crippen LogP contribution in [0.5, 0.6) is 5.75 Å². The number of carbonyl (C=O) groups is 1. The molecule has 0 aromatic heterocycles. The molecule has 0 spiro atoms. The number of rotatable bonds is 5. The minimum atomic E-state index is -0.979. The summed E-state index contributed by atoms with van der Waals surface area (Å²) in [4.78, 5) is 10.4. The van der Waals surface area contributed by atoms with Crippen LogP contribution < -0.4 is 5.73 Å². The predicted octanol–water partition coefficient (Wildman–Crippen LogP) is 1.13. The van der Waals surface area contributed by atoms with Gasteiger partial charge in [-0.15, -0.1) is 0 Å². The van der Waals surface area contributed by atoms with Crippen LogP contribution in [0.4, 0.5) is 0 Å². The Labute approximate surface area is 88.3 Å². The third kappa shape index (κ3) is 3.59. The Hall–Kier alpha value is -1.55. The molecule has 4 nitrogen and oxygen atoms in total. The monoisotopic (exact) mass is 209 g/mol. The number of carboxylic acid groups (broad SMARTS) is 1. The van der Waals surface area contributed by atoms with Gasteiger partial charge in [0.15, 0.2) is 0 Å². The molecule has 0 bridgehead atoms. The van der Waals surface area contributed by atoms with E-state index in [2.05, 4.69) is 0 Å². The molecule has 0 amide bonds. The summed E-state index contributed by atoms with van der Waals surface area (Å²) in [6.45, 7) is 0. The number of phenols is 1. The molecule has 1 rings (SSSR count). The highest BCUT2D eigenvalue weighted by atomic mass is 16.4. The fourth-order valence-corrected chi connectivity index (χ4v) is 1.36. The molecule has 82 valence electrons. The van der Waals surface area contributed by atoms with Gasteiger partial charge in [-0.1, -0.05) is 18.2 Å². The molecule has 0 aliphatic carbocycles. The molecule has 0 saturated carbocycles. The highest BCUT2D eigenvalue weighted by molar-refractivity contribution is 5.72. The van der Waals surface area contributed by atoms with E-state index in [9.17, 15) is 9.90 Å². The van der Waals surface area contributed by atoms with Crippen LogP contribution in [0.15, 0.2) is 24.3 Å². The van der Waals surface area contributed by atoms with E-state index in [1.165, 1.54) is 0 Å². The first-order valence-corrected chi connectivity index (χ1v) is 4.86. The second-order valence-electron chi connectivity index (χ2n) is 3.47. The van der Waals surface area contributed by atoms with Gasteiger partial charge in [0.05, 0.1) is 0 Å². The Morgan fingerprint density at radius 2 is 2.07 bits per heavy atom. The summed E-state index contributed by atoms with van der Waals surface area (Å²) in [5.41, 5.74) is 6.19. The average molecular weight is 209 g/mol. The van der Waals surface area contributed by atoms with Crippen LogP contribution in [-0.4, -0.2) is 22.2 Å². The van der Waals surface area contributed by atoms with Crippen LogP contribution in [0.2, 0.25) is 0 Å². The van der Waals surface area contributed by atoms with Gasteiger partial charge in [-0.25, -0.2) is 0 Å². The number of hydrogen-bond donors (Lipinski definition) is 3. The van der Waals surface area contributed by atoms with Crippen LogP contribution in [0.1, 0.15) is 18.4 Å². The lowest BCUT2D eigenvalue weighted by atomic mass is 10.0. The zero-order chi connectivity index (χ0) is 11.3. The van der Waals surface area contributed by atoms with Gasteiger partial charge in [0, 0.05) is 0 Å². The van der Waals surface area contributed by atoms with E-state index < -0.39 is 12.0 Å². The molecule has 1 aromatic carbocycles. The van der Waals surface area contributed by atoms with E-state index in [1.54, 1.807) is 12.1 Å². The SMILES string of the molecule is N[C@H](CCCc1ccccc1O)C(=O)O. The van der Waals surface area contributed by atoms with Crippen molar-refractivity contribution in [3.63, 3.8) is 0 Å². The summed E-state index contributed by atoms with van der Waals surface area (Å²) in [6, 6.07) is 6.22. The number of benzene rings is 1. The Kier molecular flexibility index (Phi) is 4.12. The number of para-hydroxylation sites is 1. The number of aliphatic carboxylic acids is 1. The van der Waals surface area contributed by atoms with Crippen LogP contribution >= 0.6 is 0 Å². The lowest BCUT2D eigenvalue weighted by Gasteiger charge is -2.06. The largest absolute Gasteiger partial charge is 0.508 e. The smallest absolute Gasteiger partial charge is 0.320 e. The summed E-state index contributed by atoms with van der Waals surface area (Å²) >= 11 is 0. The van der Waals surface area contributed by atoms with Crippen LogP contribution in [-0.2, 0) is 11.2 Å². The molecule has 4 heteroatoms. The molecule has 0 saturated heterocycles. The average Bonchev–Trinajstić information content (AvgIpc) is 2.20. The van der Waals surface area contributed by atoms with Crippen molar-refractivity contribution in [2.45, 2.75) is 25.3 Å². The Morgan fingerprint density at radius 1 is 1.40 bits per heavy atom. The molecule has 1 aromatic rings. The molecular weight excluding hydrogens is 194 g/mol. The lowest BCUT2D eigenvalue weighted by Crippen LogP contribution is -2.29. The molecule has 0 aliphatic heterocycles. The third-order valence-corrected chi connectivity index (χ3v) is 2.27. The minimum absolute atomic E-state index is 0.251. The first kappa shape index (κ1) is 11.5. The first-order chi connectivity index (χ1) is 7.11. The van der Waals surface area contributed by atoms with Gasteiger partial charge in [-0.05, 0) is 30.9 Å². The number of carboxylic acids is 1. The predicted molar refractivity (Wildman–Crippen MR) is 56.7 cm³/mol. The van der Waals surface area contributed by atoms with Crippen molar-refractivity contribution in [2.24, 2.45) is 5.73 Å². The number of phenolic OH excluding ortho intramolecular Hbond substituents is 1. The van der Waals surface area contributed by atoms with Gasteiger partial charge in [0.25, 0.3) is 0 Å². The number of hydrogen-bond acceptors (Lipinski definition) is 3. The van der Waals surface area contributed by atoms with E-state index in [0.717, 1.165) is 5.56 Å². The molecule has 4 N–H and O–H groups in total. The maximum absolute atomic E-state index is 10.4. The molecule has 0 fully saturated rings. The number of aryl methyl sites for hydroxylation is 1. The second kappa shape index (κ2) is 5.36. The number of nitrogens with two attached hydrogens (primary N) is 1. The molecule has 1 atom stereocenters. The molecule has 15 heavy (non-hydrogen) atoms. The second-order valence-corrected chi connectivity index (χ2v) is 3.47. The summed E-state index contributed by atoms with van der Waals surface area (Å²) in [6.07, 6.45) is 1.72. The van der Waals surface area contributed by atoms with Crippen molar-refractivity contribution >= 4 is 5.97 Å². The van der Waals surface area contributed by atoms with Gasteiger partial charge in [0.2, 0.25) is 0 Å². The van der Waals surface area contributed by atoms with E-state index >= 15 is 0 Å². The maximum Gasteiger partial charge on any atom is 0.320 e. The molecule has 0 unspecified atom stereocenters. The van der Waals surface area contributed by atoms with Crippen molar-refractivity contribution in [2.75, 3.05) is 0 Å². The quantitative estimate of drug-likeness (QED) is 0.678. The molecule has 0 aliphatic rings. The topological polar surface area (TPSA) is 83.5 Å². The highest BCUT2D eigenvalue weighted by Gasteiger charge is 2.10. The van der Waals surface area contributed by atoms with Gasteiger partial charge < -0.3 is 15.9 Å². The summed E-state index contributed by atoms with van der Waals surface area (Å²) < 4.78 is 0. The maximum atomic E-state index is 10.4. The van der Waals surface area contributed by atoms with Crippen LogP contribution in [0.25, 0.3) is 0 Å². The zero-order valence-electron chi connectivity index (χ0n) is 8.39. The molecule has 0 radical (unpaired) electrons. The lowest BCUT2D eigenvalue weighted by molar-refractivity contribution is -0.138. The minimum Gasteiger partial charge on any atom is -0.508 e. The van der Waals surface area contributed by atoms with Gasteiger partial charge >= 0.3 is 5.97 Å². The summed E-state index contributed by atoms with van der Waals surface area (Å²) in [7, 11) is 0. The van der Waals surface area contributed by atoms with Crippen LogP contribution in [0, 0.1) is 0 Å². The zero-order valence-corrected chi connectivity index (χ0v) is 8.39.